The maximum atomic E-state index is 12.1. The van der Waals surface area contributed by atoms with E-state index in [4.69, 9.17) is 4.74 Å². The molecule has 5 nitrogen and oxygen atoms in total. The first-order valence-electron chi connectivity index (χ1n) is 6.57. The molecule has 1 amide bonds. The van der Waals surface area contributed by atoms with Crippen LogP contribution in [-0.4, -0.2) is 41.2 Å². The van der Waals surface area contributed by atoms with Gasteiger partial charge in [0.05, 0.1) is 6.04 Å². The van der Waals surface area contributed by atoms with Crippen LogP contribution in [0.2, 0.25) is 0 Å². The highest BCUT2D eigenvalue weighted by molar-refractivity contribution is 5.85. The zero-order valence-corrected chi connectivity index (χ0v) is 14.2. The number of carbonyl (C=O) groups excluding carboxylic acids is 1. The van der Waals surface area contributed by atoms with Crippen LogP contribution in [0.5, 0.6) is 0 Å². The van der Waals surface area contributed by atoms with Crippen molar-refractivity contribution in [2.75, 3.05) is 19.6 Å². The molecule has 1 saturated heterocycles. The van der Waals surface area contributed by atoms with Crippen LogP contribution in [0, 0.1) is 0 Å². The van der Waals surface area contributed by atoms with Crippen molar-refractivity contribution in [2.45, 2.75) is 32.4 Å². The molecule has 7 heteroatoms. The molecule has 2 heterocycles. The first-order valence-corrected chi connectivity index (χ1v) is 6.57. The molecule has 1 aromatic heterocycles. The average Bonchev–Trinajstić information content (AvgIpc) is 2.38. The minimum atomic E-state index is -0.453. The van der Waals surface area contributed by atoms with Gasteiger partial charge in [-0.15, -0.1) is 24.8 Å². The van der Waals surface area contributed by atoms with Crippen LogP contribution in [0.4, 0.5) is 4.79 Å². The molecule has 1 unspecified atom stereocenters. The van der Waals surface area contributed by atoms with Crippen LogP contribution in [-0.2, 0) is 4.74 Å². The quantitative estimate of drug-likeness (QED) is 0.857. The normalized spacial score (nSPS) is 18.2. The van der Waals surface area contributed by atoms with Crippen molar-refractivity contribution in [1.29, 1.82) is 0 Å². The summed E-state index contributed by atoms with van der Waals surface area (Å²) in [5.41, 5.74) is 0.641. The van der Waals surface area contributed by atoms with E-state index in [2.05, 4.69) is 10.3 Å². The fraction of sp³-hybridized carbons (Fsp3) is 0.571. The van der Waals surface area contributed by atoms with Gasteiger partial charge in [-0.25, -0.2) is 4.79 Å². The van der Waals surface area contributed by atoms with Gasteiger partial charge in [0.15, 0.2) is 0 Å². The standard InChI is InChI=1S/C14H21N3O2.2ClH/c1-14(2,3)19-13(18)17-8-7-16-12(10-17)11-5-4-6-15-9-11;;/h4-6,9,12,16H,7-8,10H2,1-3H3;2*1H. The maximum absolute atomic E-state index is 12.1. The second-order valence-corrected chi connectivity index (χ2v) is 5.72. The first kappa shape index (κ1) is 20.0. The van der Waals surface area contributed by atoms with Crippen molar-refractivity contribution < 1.29 is 9.53 Å². The van der Waals surface area contributed by atoms with Crippen molar-refractivity contribution in [3.8, 4) is 0 Å². The molecule has 0 saturated carbocycles. The number of nitrogens with one attached hydrogen (secondary N) is 1. The van der Waals surface area contributed by atoms with Crippen LogP contribution in [0.15, 0.2) is 24.5 Å². The number of ether oxygens (including phenoxy) is 1. The van der Waals surface area contributed by atoms with Crippen LogP contribution in [0.3, 0.4) is 0 Å². The molecule has 120 valence electrons. The predicted molar refractivity (Wildman–Crippen MR) is 87.3 cm³/mol. The highest BCUT2D eigenvalue weighted by atomic mass is 35.5. The van der Waals surface area contributed by atoms with Gasteiger partial charge < -0.3 is 15.0 Å². The van der Waals surface area contributed by atoms with Gasteiger partial charge in [-0.05, 0) is 32.4 Å². The number of rotatable bonds is 1. The molecule has 0 spiro atoms. The third kappa shape index (κ3) is 6.08. The van der Waals surface area contributed by atoms with Crippen LogP contribution in [0.25, 0.3) is 0 Å². The maximum Gasteiger partial charge on any atom is 0.410 e. The molecule has 0 aromatic carbocycles. The monoisotopic (exact) mass is 335 g/mol. The van der Waals surface area contributed by atoms with E-state index in [-0.39, 0.29) is 36.9 Å². The number of hydrogen-bond acceptors (Lipinski definition) is 4. The zero-order valence-electron chi connectivity index (χ0n) is 12.5. The Bertz CT molecular complexity index is 438. The summed E-state index contributed by atoms with van der Waals surface area (Å²) in [6.07, 6.45) is 3.33. The third-order valence-corrected chi connectivity index (χ3v) is 2.91. The number of nitrogens with zero attached hydrogens (tertiary/aromatic N) is 2. The Morgan fingerprint density at radius 2 is 2.14 bits per heavy atom. The lowest BCUT2D eigenvalue weighted by Gasteiger charge is -2.34. The number of amides is 1. The predicted octanol–water partition coefficient (Wildman–Crippen LogP) is 2.81. The summed E-state index contributed by atoms with van der Waals surface area (Å²) < 4.78 is 5.40. The summed E-state index contributed by atoms with van der Waals surface area (Å²) >= 11 is 0. The summed E-state index contributed by atoms with van der Waals surface area (Å²) in [6.45, 7) is 7.69. The van der Waals surface area contributed by atoms with Gasteiger partial charge in [0.1, 0.15) is 5.60 Å². The molecular weight excluding hydrogens is 313 g/mol. The van der Waals surface area contributed by atoms with Crippen molar-refractivity contribution in [3.05, 3.63) is 30.1 Å². The van der Waals surface area contributed by atoms with E-state index >= 15 is 0 Å². The topological polar surface area (TPSA) is 54.5 Å². The molecule has 0 bridgehead atoms. The van der Waals surface area contributed by atoms with Gasteiger partial charge in [-0.1, -0.05) is 6.07 Å². The molecule has 0 radical (unpaired) electrons. The van der Waals surface area contributed by atoms with Crippen molar-refractivity contribution in [1.82, 2.24) is 15.2 Å². The van der Waals surface area contributed by atoms with Crippen LogP contribution < -0.4 is 5.32 Å². The zero-order chi connectivity index (χ0) is 13.9. The largest absolute Gasteiger partial charge is 0.444 e. The molecular formula is C14H23Cl2N3O2. The number of halogens is 2. The average molecular weight is 336 g/mol. The Labute approximate surface area is 138 Å². The molecule has 21 heavy (non-hydrogen) atoms. The number of pyridine rings is 1. The number of carbonyl (C=O) groups is 1. The van der Waals surface area contributed by atoms with Gasteiger partial charge >= 0.3 is 6.09 Å². The molecule has 0 aliphatic carbocycles. The Balaban J connectivity index is 0.00000200. The molecule has 1 N–H and O–H groups in total. The van der Waals surface area contributed by atoms with Crippen molar-refractivity contribution in [2.24, 2.45) is 0 Å². The Hall–Kier alpha value is -1.04. The van der Waals surface area contributed by atoms with Crippen molar-refractivity contribution >= 4 is 30.9 Å². The number of hydrogen-bond donors (Lipinski definition) is 1. The summed E-state index contributed by atoms with van der Waals surface area (Å²) in [4.78, 5) is 17.9. The molecule has 1 aromatic rings. The summed E-state index contributed by atoms with van der Waals surface area (Å²) in [5.74, 6) is 0. The Kier molecular flexibility index (Phi) is 8.00. The second kappa shape index (κ2) is 8.41. The van der Waals surface area contributed by atoms with Gasteiger partial charge in [-0.3, -0.25) is 4.98 Å². The fourth-order valence-corrected chi connectivity index (χ4v) is 2.05. The Morgan fingerprint density at radius 1 is 1.43 bits per heavy atom. The van der Waals surface area contributed by atoms with Crippen LogP contribution in [0.1, 0.15) is 32.4 Å². The summed E-state index contributed by atoms with van der Waals surface area (Å²) in [7, 11) is 0. The smallest absolute Gasteiger partial charge is 0.410 e. The lowest BCUT2D eigenvalue weighted by molar-refractivity contribution is 0.0195. The van der Waals surface area contributed by atoms with Gasteiger partial charge in [0, 0.05) is 32.0 Å². The third-order valence-electron chi connectivity index (χ3n) is 2.91. The van der Waals surface area contributed by atoms with E-state index in [0.29, 0.717) is 13.1 Å². The highest BCUT2D eigenvalue weighted by Crippen LogP contribution is 2.18. The number of piperazine rings is 1. The fourth-order valence-electron chi connectivity index (χ4n) is 2.05. The second-order valence-electron chi connectivity index (χ2n) is 5.72. The molecule has 2 rings (SSSR count). The number of aromatic nitrogens is 1. The van der Waals surface area contributed by atoms with Gasteiger partial charge in [-0.2, -0.15) is 0 Å². The van der Waals surface area contributed by atoms with Crippen LogP contribution >= 0.6 is 24.8 Å². The minimum absolute atomic E-state index is 0. The van der Waals surface area contributed by atoms with Crippen molar-refractivity contribution in [3.63, 3.8) is 0 Å². The molecule has 1 atom stereocenters. The summed E-state index contributed by atoms with van der Waals surface area (Å²) in [5, 5.41) is 3.39. The van der Waals surface area contributed by atoms with E-state index in [0.717, 1.165) is 12.1 Å². The SMILES string of the molecule is CC(C)(C)OC(=O)N1CCNC(c2cccnc2)C1.Cl.Cl. The lowest BCUT2D eigenvalue weighted by Crippen LogP contribution is -2.49. The van der Waals surface area contributed by atoms with E-state index in [1.807, 2.05) is 39.1 Å². The lowest BCUT2D eigenvalue weighted by atomic mass is 10.1. The molecule has 1 fully saturated rings. The minimum Gasteiger partial charge on any atom is -0.444 e. The first-order chi connectivity index (χ1) is 8.96. The Morgan fingerprint density at radius 3 is 2.71 bits per heavy atom. The van der Waals surface area contributed by atoms with E-state index in [1.165, 1.54) is 0 Å². The molecule has 1 aliphatic rings. The highest BCUT2D eigenvalue weighted by Gasteiger charge is 2.27. The van der Waals surface area contributed by atoms with E-state index in [9.17, 15) is 4.79 Å². The van der Waals surface area contributed by atoms with Gasteiger partial charge in [0.25, 0.3) is 0 Å². The van der Waals surface area contributed by atoms with Gasteiger partial charge in [0.2, 0.25) is 0 Å². The van der Waals surface area contributed by atoms with E-state index in [1.54, 1.807) is 11.1 Å². The summed E-state index contributed by atoms with van der Waals surface area (Å²) in [6, 6.07) is 4.04. The van der Waals surface area contributed by atoms with E-state index < -0.39 is 5.60 Å². The molecule has 1 aliphatic heterocycles.